The van der Waals surface area contributed by atoms with Crippen LogP contribution >= 0.6 is 0 Å². The highest BCUT2D eigenvalue weighted by atomic mass is 16.5. The molecule has 0 radical (unpaired) electrons. The summed E-state index contributed by atoms with van der Waals surface area (Å²) in [6.45, 7) is 6.77. The van der Waals surface area contributed by atoms with Crippen molar-refractivity contribution in [1.29, 1.82) is 0 Å². The Kier molecular flexibility index (Phi) is 5.78. The van der Waals surface area contributed by atoms with E-state index < -0.39 is 0 Å². The van der Waals surface area contributed by atoms with Crippen LogP contribution in [0.1, 0.15) is 36.6 Å². The fourth-order valence-electron chi connectivity index (χ4n) is 2.14. The second-order valence-electron chi connectivity index (χ2n) is 4.96. The number of rotatable bonds is 7. The number of hydrogen-bond donors (Lipinski definition) is 1. The molecule has 0 saturated carbocycles. The van der Waals surface area contributed by atoms with Crippen LogP contribution in [-0.2, 0) is 17.9 Å². The predicted octanol–water partition coefficient (Wildman–Crippen LogP) is 4.07. The van der Waals surface area contributed by atoms with Crippen molar-refractivity contribution in [2.24, 2.45) is 0 Å². The van der Waals surface area contributed by atoms with Gasteiger partial charge in [-0.3, -0.25) is 0 Å². The molecule has 2 aromatic rings. The fourth-order valence-corrected chi connectivity index (χ4v) is 2.14. The lowest BCUT2D eigenvalue weighted by atomic mass is 10.1. The SMILES string of the molecule is CCNCc1cccc(COC(C)c2ccccc2)c1. The maximum absolute atomic E-state index is 5.95. The molecule has 0 aliphatic heterocycles. The second kappa shape index (κ2) is 7.83. The molecule has 0 spiro atoms. The Morgan fingerprint density at radius 1 is 1.00 bits per heavy atom. The highest BCUT2D eigenvalue weighted by molar-refractivity contribution is 5.23. The van der Waals surface area contributed by atoms with Gasteiger partial charge in [0.25, 0.3) is 0 Å². The summed E-state index contributed by atoms with van der Waals surface area (Å²) in [6.07, 6.45) is 0.119. The molecule has 0 aromatic heterocycles. The normalized spacial score (nSPS) is 12.3. The quantitative estimate of drug-likeness (QED) is 0.818. The van der Waals surface area contributed by atoms with Crippen molar-refractivity contribution < 1.29 is 4.74 Å². The first kappa shape index (κ1) is 14.8. The van der Waals surface area contributed by atoms with Crippen molar-refractivity contribution in [1.82, 2.24) is 5.32 Å². The minimum absolute atomic E-state index is 0.119. The van der Waals surface area contributed by atoms with Crippen molar-refractivity contribution in [3.8, 4) is 0 Å². The lowest BCUT2D eigenvalue weighted by Crippen LogP contribution is -2.11. The first-order chi connectivity index (χ1) is 9.79. The topological polar surface area (TPSA) is 21.3 Å². The molecule has 0 amide bonds. The number of benzene rings is 2. The third-order valence-corrected chi connectivity index (χ3v) is 3.34. The van der Waals surface area contributed by atoms with Crippen LogP contribution < -0.4 is 5.32 Å². The molecule has 1 atom stereocenters. The molecule has 1 N–H and O–H groups in total. The van der Waals surface area contributed by atoms with Crippen LogP contribution in [0.3, 0.4) is 0 Å². The van der Waals surface area contributed by atoms with Crippen molar-refractivity contribution in [3.63, 3.8) is 0 Å². The van der Waals surface area contributed by atoms with E-state index in [1.54, 1.807) is 0 Å². The summed E-state index contributed by atoms with van der Waals surface area (Å²) in [5.74, 6) is 0. The van der Waals surface area contributed by atoms with Gasteiger partial charge in [-0.2, -0.15) is 0 Å². The van der Waals surface area contributed by atoms with Crippen LogP contribution in [0.15, 0.2) is 54.6 Å². The molecule has 0 aliphatic rings. The Morgan fingerprint density at radius 3 is 2.50 bits per heavy atom. The van der Waals surface area contributed by atoms with Gasteiger partial charge < -0.3 is 10.1 Å². The van der Waals surface area contributed by atoms with Crippen LogP contribution in [0.4, 0.5) is 0 Å². The van der Waals surface area contributed by atoms with Gasteiger partial charge in [0.1, 0.15) is 0 Å². The van der Waals surface area contributed by atoms with Crippen LogP contribution in [0.5, 0.6) is 0 Å². The van der Waals surface area contributed by atoms with Crippen LogP contribution in [-0.4, -0.2) is 6.54 Å². The predicted molar refractivity (Wildman–Crippen MR) is 83.5 cm³/mol. The van der Waals surface area contributed by atoms with E-state index in [1.807, 2.05) is 18.2 Å². The summed E-state index contributed by atoms with van der Waals surface area (Å²) in [6, 6.07) is 18.9. The van der Waals surface area contributed by atoms with E-state index in [1.165, 1.54) is 16.7 Å². The zero-order valence-corrected chi connectivity index (χ0v) is 12.3. The Bertz CT molecular complexity index is 510. The summed E-state index contributed by atoms with van der Waals surface area (Å²) in [5.41, 5.74) is 3.75. The lowest BCUT2D eigenvalue weighted by molar-refractivity contribution is 0.0525. The highest BCUT2D eigenvalue weighted by Gasteiger charge is 2.05. The maximum Gasteiger partial charge on any atom is 0.0801 e. The van der Waals surface area contributed by atoms with Crippen molar-refractivity contribution in [2.75, 3.05) is 6.54 Å². The molecule has 0 heterocycles. The molecule has 0 fully saturated rings. The summed E-state index contributed by atoms with van der Waals surface area (Å²) in [5, 5.41) is 3.34. The molecular weight excluding hydrogens is 246 g/mol. The Morgan fingerprint density at radius 2 is 1.75 bits per heavy atom. The fraction of sp³-hybridized carbons (Fsp3) is 0.333. The lowest BCUT2D eigenvalue weighted by Gasteiger charge is -2.14. The van der Waals surface area contributed by atoms with Gasteiger partial charge in [0.2, 0.25) is 0 Å². The van der Waals surface area contributed by atoms with Crippen molar-refractivity contribution in [3.05, 3.63) is 71.3 Å². The number of ether oxygens (including phenoxy) is 1. The van der Waals surface area contributed by atoms with E-state index >= 15 is 0 Å². The van der Waals surface area contributed by atoms with Crippen molar-refractivity contribution >= 4 is 0 Å². The van der Waals surface area contributed by atoms with Gasteiger partial charge in [0.05, 0.1) is 12.7 Å². The second-order valence-corrected chi connectivity index (χ2v) is 4.96. The van der Waals surface area contributed by atoms with Gasteiger partial charge in [-0.15, -0.1) is 0 Å². The molecule has 2 rings (SSSR count). The molecule has 0 saturated heterocycles. The van der Waals surface area contributed by atoms with E-state index in [9.17, 15) is 0 Å². The monoisotopic (exact) mass is 269 g/mol. The van der Waals surface area contributed by atoms with Crippen LogP contribution in [0.2, 0.25) is 0 Å². The van der Waals surface area contributed by atoms with Gasteiger partial charge in [0, 0.05) is 6.54 Å². The zero-order chi connectivity index (χ0) is 14.2. The maximum atomic E-state index is 5.95. The Balaban J connectivity index is 1.90. The summed E-state index contributed by atoms with van der Waals surface area (Å²) >= 11 is 0. The number of nitrogens with one attached hydrogen (secondary N) is 1. The molecule has 0 bridgehead atoms. The molecule has 2 nitrogen and oxygen atoms in total. The molecule has 106 valence electrons. The first-order valence-corrected chi connectivity index (χ1v) is 7.24. The summed E-state index contributed by atoms with van der Waals surface area (Å²) < 4.78 is 5.95. The van der Waals surface area contributed by atoms with E-state index in [4.69, 9.17) is 4.74 Å². The molecule has 1 unspecified atom stereocenters. The zero-order valence-electron chi connectivity index (χ0n) is 12.3. The average molecular weight is 269 g/mol. The molecule has 0 aliphatic carbocycles. The van der Waals surface area contributed by atoms with Crippen molar-refractivity contribution in [2.45, 2.75) is 33.1 Å². The Hall–Kier alpha value is -1.64. The molecule has 20 heavy (non-hydrogen) atoms. The van der Waals surface area contributed by atoms with Gasteiger partial charge in [-0.1, -0.05) is 61.5 Å². The largest absolute Gasteiger partial charge is 0.369 e. The van der Waals surface area contributed by atoms with E-state index in [0.29, 0.717) is 6.61 Å². The van der Waals surface area contributed by atoms with Gasteiger partial charge >= 0.3 is 0 Å². The molecule has 2 aromatic carbocycles. The first-order valence-electron chi connectivity index (χ1n) is 7.24. The molecule has 2 heteroatoms. The van der Waals surface area contributed by atoms with E-state index in [0.717, 1.165) is 13.1 Å². The standard InChI is InChI=1S/C18H23NO/c1-3-19-13-16-8-7-9-17(12-16)14-20-15(2)18-10-5-4-6-11-18/h4-12,15,19H,3,13-14H2,1-2H3. The van der Waals surface area contributed by atoms with Gasteiger partial charge in [-0.25, -0.2) is 0 Å². The molecular formula is C18H23NO. The van der Waals surface area contributed by atoms with Gasteiger partial charge in [0.15, 0.2) is 0 Å². The minimum atomic E-state index is 0.119. The van der Waals surface area contributed by atoms with Gasteiger partial charge in [-0.05, 0) is 30.2 Å². The highest BCUT2D eigenvalue weighted by Crippen LogP contribution is 2.18. The number of hydrogen-bond acceptors (Lipinski definition) is 2. The van der Waals surface area contributed by atoms with Crippen LogP contribution in [0.25, 0.3) is 0 Å². The van der Waals surface area contributed by atoms with Crippen LogP contribution in [0, 0.1) is 0 Å². The average Bonchev–Trinajstić information content (AvgIpc) is 2.52. The summed E-state index contributed by atoms with van der Waals surface area (Å²) in [7, 11) is 0. The van der Waals surface area contributed by atoms with E-state index in [-0.39, 0.29) is 6.10 Å². The summed E-state index contributed by atoms with van der Waals surface area (Å²) in [4.78, 5) is 0. The third-order valence-electron chi connectivity index (χ3n) is 3.34. The smallest absolute Gasteiger partial charge is 0.0801 e. The third kappa shape index (κ3) is 4.48. The minimum Gasteiger partial charge on any atom is -0.369 e. The Labute approximate surface area is 121 Å². The van der Waals surface area contributed by atoms with E-state index in [2.05, 4.69) is 55.6 Å².